The van der Waals surface area contributed by atoms with Crippen molar-refractivity contribution in [3.05, 3.63) is 64.2 Å². The summed E-state index contributed by atoms with van der Waals surface area (Å²) in [4.78, 5) is 2.52. The average Bonchev–Trinajstić information content (AvgIpc) is 2.86. The zero-order valence-corrected chi connectivity index (χ0v) is 21.7. The number of aliphatic hydroxyl groups excluding tert-OH is 2. The number of rotatable bonds is 9. The summed E-state index contributed by atoms with van der Waals surface area (Å²) in [6, 6.07) is 14.2. The molecule has 2 N–H and O–H groups in total. The van der Waals surface area contributed by atoms with Gasteiger partial charge in [-0.05, 0) is 59.8 Å². The Bertz CT molecular complexity index is 904. The molecule has 2 aromatic rings. The molecule has 2 saturated heterocycles. The maximum atomic E-state index is 10.2. The molecule has 186 valence electrons. The van der Waals surface area contributed by atoms with Crippen molar-refractivity contribution >= 4 is 19.5 Å². The van der Waals surface area contributed by atoms with Crippen LogP contribution in [-0.2, 0) is 11.2 Å². The molecule has 5 nitrogen and oxygen atoms in total. The third-order valence-corrected chi connectivity index (χ3v) is 9.86. The first kappa shape index (κ1) is 25.9. The number of ether oxygens (including phenoxy) is 2. The van der Waals surface area contributed by atoms with Gasteiger partial charge >= 0.3 is 0 Å². The minimum Gasteiger partial charge on any atom is -0.492 e. The lowest BCUT2D eigenvalue weighted by atomic mass is 9.94. The molecular formula is C27H37ClNO4P. The van der Waals surface area contributed by atoms with Crippen LogP contribution in [0.5, 0.6) is 5.75 Å². The number of aliphatic hydroxyl groups is 2. The highest BCUT2D eigenvalue weighted by atomic mass is 35.5. The lowest BCUT2D eigenvalue weighted by molar-refractivity contribution is -0.113. The predicted molar refractivity (Wildman–Crippen MR) is 140 cm³/mol. The van der Waals surface area contributed by atoms with E-state index in [9.17, 15) is 10.2 Å². The van der Waals surface area contributed by atoms with Crippen molar-refractivity contribution in [2.45, 2.75) is 44.5 Å². The number of hydrogen-bond donors (Lipinski definition) is 2. The molecule has 0 saturated carbocycles. The summed E-state index contributed by atoms with van der Waals surface area (Å²) in [5, 5.41) is 20.3. The van der Waals surface area contributed by atoms with Gasteiger partial charge in [-0.1, -0.05) is 42.8 Å². The molecule has 2 heterocycles. The number of halogens is 1. The van der Waals surface area contributed by atoms with Gasteiger partial charge in [-0.3, -0.25) is 4.90 Å². The van der Waals surface area contributed by atoms with Crippen molar-refractivity contribution in [3.63, 3.8) is 0 Å². The largest absolute Gasteiger partial charge is 0.492 e. The topological polar surface area (TPSA) is 62.2 Å². The van der Waals surface area contributed by atoms with Gasteiger partial charge in [-0.25, -0.2) is 0 Å². The van der Waals surface area contributed by atoms with Crippen LogP contribution >= 0.6 is 19.5 Å². The van der Waals surface area contributed by atoms with Gasteiger partial charge in [0.05, 0.1) is 24.9 Å². The van der Waals surface area contributed by atoms with Crippen molar-refractivity contribution in [1.29, 1.82) is 0 Å². The average molecular weight is 506 g/mol. The summed E-state index contributed by atoms with van der Waals surface area (Å²) in [5.74, 6) is 0.899. The minimum atomic E-state index is -0.466. The normalized spacial score (nSPS) is 24.3. The van der Waals surface area contributed by atoms with E-state index in [1.54, 1.807) is 0 Å². The van der Waals surface area contributed by atoms with Gasteiger partial charge < -0.3 is 19.7 Å². The minimum absolute atomic E-state index is 0.0828. The van der Waals surface area contributed by atoms with Crippen LogP contribution in [0.25, 0.3) is 0 Å². The van der Waals surface area contributed by atoms with Crippen LogP contribution in [0.2, 0.25) is 5.02 Å². The summed E-state index contributed by atoms with van der Waals surface area (Å²) in [7, 11) is 0.286. The summed E-state index contributed by atoms with van der Waals surface area (Å²) in [6.07, 6.45) is 4.79. The summed E-state index contributed by atoms with van der Waals surface area (Å²) in [6.45, 7) is 6.38. The first-order valence-corrected chi connectivity index (χ1v) is 14.7. The molecule has 2 fully saturated rings. The second-order valence-corrected chi connectivity index (χ2v) is 12.6. The molecule has 7 heteroatoms. The predicted octanol–water partition coefficient (Wildman–Crippen LogP) is 4.70. The summed E-state index contributed by atoms with van der Waals surface area (Å²) < 4.78 is 12.0. The fourth-order valence-corrected chi connectivity index (χ4v) is 6.97. The first-order valence-electron chi connectivity index (χ1n) is 12.4. The molecule has 4 rings (SSSR count). The van der Waals surface area contributed by atoms with Crippen LogP contribution in [0.4, 0.5) is 0 Å². The highest BCUT2D eigenvalue weighted by molar-refractivity contribution is 7.57. The SMILES string of the molecule is CCP1CCN(CCOc2ccc(Cc3cc(C4CC(O)CC(CO)O4)ccc3Cl)cc2)CC1. The van der Waals surface area contributed by atoms with E-state index in [1.807, 2.05) is 24.3 Å². The third-order valence-electron chi connectivity index (χ3n) is 6.93. The molecule has 2 aromatic carbocycles. The lowest BCUT2D eigenvalue weighted by Gasteiger charge is -2.32. The van der Waals surface area contributed by atoms with E-state index in [0.717, 1.165) is 35.6 Å². The van der Waals surface area contributed by atoms with E-state index in [2.05, 4.69) is 30.0 Å². The quantitative estimate of drug-likeness (QED) is 0.484. The maximum absolute atomic E-state index is 10.2. The van der Waals surface area contributed by atoms with E-state index < -0.39 is 6.10 Å². The number of hydrogen-bond acceptors (Lipinski definition) is 5. The molecule has 2 aliphatic rings. The zero-order valence-electron chi connectivity index (χ0n) is 20.0. The Labute approximate surface area is 209 Å². The van der Waals surface area contributed by atoms with Crippen molar-refractivity contribution in [1.82, 2.24) is 4.90 Å². The molecule has 34 heavy (non-hydrogen) atoms. The number of benzene rings is 2. The highest BCUT2D eigenvalue weighted by Gasteiger charge is 2.29. The van der Waals surface area contributed by atoms with Gasteiger partial charge in [0.2, 0.25) is 0 Å². The molecule has 0 spiro atoms. The smallest absolute Gasteiger partial charge is 0.119 e. The standard InChI is InChI=1S/C27H37ClNO4P/c1-2-34-13-10-29(11-14-34)9-12-32-24-6-3-20(4-7-24)15-22-16-21(5-8-26(22)28)27-18-23(31)17-25(19-30)33-27/h3-8,16,23,25,27,30-31H,2,9-15,17-19H2,1H3. The summed E-state index contributed by atoms with van der Waals surface area (Å²) >= 11 is 6.50. The van der Waals surface area contributed by atoms with Crippen LogP contribution in [-0.4, -0.2) is 78.7 Å². The van der Waals surface area contributed by atoms with Crippen LogP contribution in [0, 0.1) is 0 Å². The van der Waals surface area contributed by atoms with Crippen LogP contribution < -0.4 is 4.74 Å². The van der Waals surface area contributed by atoms with Crippen molar-refractivity contribution < 1.29 is 19.7 Å². The third kappa shape index (κ3) is 7.16. The van der Waals surface area contributed by atoms with Gasteiger partial charge in [0.25, 0.3) is 0 Å². The molecule has 2 aliphatic heterocycles. The van der Waals surface area contributed by atoms with Gasteiger partial charge in [0, 0.05) is 37.5 Å². The Morgan fingerprint density at radius 2 is 1.88 bits per heavy atom. The Kier molecular flexibility index (Phi) is 9.64. The van der Waals surface area contributed by atoms with Gasteiger partial charge in [0.15, 0.2) is 0 Å². The van der Waals surface area contributed by atoms with Gasteiger partial charge in [0.1, 0.15) is 12.4 Å². The molecule has 0 bridgehead atoms. The van der Waals surface area contributed by atoms with E-state index >= 15 is 0 Å². The summed E-state index contributed by atoms with van der Waals surface area (Å²) in [5.41, 5.74) is 3.17. The van der Waals surface area contributed by atoms with Gasteiger partial charge in [-0.2, -0.15) is 0 Å². The highest BCUT2D eigenvalue weighted by Crippen LogP contribution is 2.37. The Morgan fingerprint density at radius 1 is 1.12 bits per heavy atom. The van der Waals surface area contributed by atoms with Gasteiger partial charge in [-0.15, -0.1) is 7.92 Å². The Hall–Kier alpha value is -1.20. The second kappa shape index (κ2) is 12.7. The molecule has 0 aromatic heterocycles. The second-order valence-electron chi connectivity index (χ2n) is 9.35. The van der Waals surface area contributed by atoms with E-state index in [4.69, 9.17) is 21.1 Å². The fraction of sp³-hybridized carbons (Fsp3) is 0.556. The molecule has 3 unspecified atom stereocenters. The Morgan fingerprint density at radius 3 is 2.59 bits per heavy atom. The molecule has 0 amide bonds. The van der Waals surface area contributed by atoms with Crippen LogP contribution in [0.1, 0.15) is 42.6 Å². The van der Waals surface area contributed by atoms with Crippen molar-refractivity contribution in [2.24, 2.45) is 0 Å². The van der Waals surface area contributed by atoms with E-state index in [-0.39, 0.29) is 26.7 Å². The van der Waals surface area contributed by atoms with Crippen LogP contribution in [0.15, 0.2) is 42.5 Å². The zero-order chi connectivity index (χ0) is 23.9. The van der Waals surface area contributed by atoms with E-state index in [0.29, 0.717) is 24.3 Å². The van der Waals surface area contributed by atoms with E-state index in [1.165, 1.54) is 31.6 Å². The molecule has 0 radical (unpaired) electrons. The lowest BCUT2D eigenvalue weighted by Crippen LogP contribution is -2.36. The maximum Gasteiger partial charge on any atom is 0.119 e. The first-order chi connectivity index (χ1) is 16.5. The van der Waals surface area contributed by atoms with Crippen molar-refractivity contribution in [3.8, 4) is 5.75 Å². The molecule has 3 atom stereocenters. The van der Waals surface area contributed by atoms with Crippen molar-refractivity contribution in [2.75, 3.05) is 51.3 Å². The molecule has 0 aliphatic carbocycles. The Balaban J connectivity index is 1.30. The monoisotopic (exact) mass is 505 g/mol. The molecular weight excluding hydrogens is 469 g/mol. The van der Waals surface area contributed by atoms with Crippen LogP contribution in [0.3, 0.4) is 0 Å². The number of nitrogens with zero attached hydrogens (tertiary/aromatic N) is 1. The fourth-order valence-electron chi connectivity index (χ4n) is 4.80.